The Kier molecular flexibility index (Phi) is 6.32. The van der Waals surface area contributed by atoms with Crippen molar-refractivity contribution in [3.8, 4) is 12.1 Å². The van der Waals surface area contributed by atoms with Crippen molar-refractivity contribution in [3.63, 3.8) is 0 Å². The second kappa shape index (κ2) is 8.30. The van der Waals surface area contributed by atoms with Crippen LogP contribution in [0.25, 0.3) is 0 Å². The molecule has 2 N–H and O–H groups in total. The molecule has 102 valence electrons. The number of amides is 1. The van der Waals surface area contributed by atoms with Crippen molar-refractivity contribution in [2.75, 3.05) is 25.6 Å². The molecule has 1 aromatic rings. The summed E-state index contributed by atoms with van der Waals surface area (Å²) in [5.41, 5.74) is 0.891. The first-order valence-corrected chi connectivity index (χ1v) is 5.86. The third kappa shape index (κ3) is 4.45. The number of benzene rings is 1. The molecule has 1 aromatic carbocycles. The summed E-state index contributed by atoms with van der Waals surface area (Å²) < 4.78 is 4.80. The zero-order valence-electron chi connectivity index (χ0n) is 11.0. The van der Waals surface area contributed by atoms with E-state index in [4.69, 9.17) is 15.3 Å². The highest BCUT2D eigenvalue weighted by Gasteiger charge is 2.08. The minimum absolute atomic E-state index is 0.0751. The Bertz CT molecular complexity index is 582. The lowest BCUT2D eigenvalue weighted by atomic mass is 10.2. The highest BCUT2D eigenvalue weighted by Crippen LogP contribution is 2.13. The molecule has 0 spiro atoms. The molecule has 0 fully saturated rings. The summed E-state index contributed by atoms with van der Waals surface area (Å²) in [6, 6.07) is 10.6. The van der Waals surface area contributed by atoms with Gasteiger partial charge in [0.15, 0.2) is 0 Å². The third-order valence-corrected chi connectivity index (χ3v) is 2.38. The Morgan fingerprint density at radius 2 is 2.15 bits per heavy atom. The first kappa shape index (κ1) is 15.2. The molecule has 20 heavy (non-hydrogen) atoms. The molecule has 6 nitrogen and oxygen atoms in total. The van der Waals surface area contributed by atoms with Gasteiger partial charge in [-0.15, -0.1) is 0 Å². The van der Waals surface area contributed by atoms with Gasteiger partial charge in [-0.2, -0.15) is 10.5 Å². The van der Waals surface area contributed by atoms with Gasteiger partial charge in [0, 0.05) is 19.9 Å². The summed E-state index contributed by atoms with van der Waals surface area (Å²) in [4.78, 5) is 11.7. The van der Waals surface area contributed by atoms with E-state index in [9.17, 15) is 4.79 Å². The molecule has 0 aliphatic rings. The van der Waals surface area contributed by atoms with Gasteiger partial charge in [-0.3, -0.25) is 4.79 Å². The summed E-state index contributed by atoms with van der Waals surface area (Å²) in [6.07, 6.45) is 1.28. The van der Waals surface area contributed by atoms with E-state index in [-0.39, 0.29) is 5.57 Å². The maximum atomic E-state index is 11.7. The van der Waals surface area contributed by atoms with Crippen LogP contribution in [0.5, 0.6) is 0 Å². The third-order valence-electron chi connectivity index (χ3n) is 2.38. The maximum Gasteiger partial charge on any atom is 0.263 e. The number of hydrogen-bond acceptors (Lipinski definition) is 5. The Labute approximate surface area is 117 Å². The van der Waals surface area contributed by atoms with E-state index in [1.54, 1.807) is 30.3 Å². The van der Waals surface area contributed by atoms with E-state index in [1.807, 2.05) is 6.07 Å². The van der Waals surface area contributed by atoms with Crippen LogP contribution >= 0.6 is 0 Å². The van der Waals surface area contributed by atoms with Crippen LogP contribution in [-0.4, -0.2) is 26.2 Å². The van der Waals surface area contributed by atoms with Gasteiger partial charge < -0.3 is 15.4 Å². The highest BCUT2D eigenvalue weighted by atomic mass is 16.5. The molecule has 0 unspecified atom stereocenters. The normalized spacial score (nSPS) is 10.2. The fourth-order valence-corrected chi connectivity index (χ4v) is 1.37. The molecule has 1 amide bonds. The monoisotopic (exact) mass is 270 g/mol. The van der Waals surface area contributed by atoms with Gasteiger partial charge in [-0.1, -0.05) is 12.1 Å². The van der Waals surface area contributed by atoms with E-state index in [0.29, 0.717) is 24.4 Å². The predicted molar refractivity (Wildman–Crippen MR) is 73.4 cm³/mol. The standard InChI is InChI=1S/C14H14N4O2/c1-20-7-6-17-14(19)12(9-16)10-18-13-5-3-2-4-11(13)8-15/h2-5,10,18H,6-7H2,1H3,(H,17,19)/b12-10-. The Hall–Kier alpha value is -2.83. The van der Waals surface area contributed by atoms with Gasteiger partial charge in [0.05, 0.1) is 17.9 Å². The second-order valence-corrected chi connectivity index (χ2v) is 3.72. The zero-order valence-corrected chi connectivity index (χ0v) is 11.0. The fourth-order valence-electron chi connectivity index (χ4n) is 1.37. The average molecular weight is 270 g/mol. The van der Waals surface area contributed by atoms with E-state index in [0.717, 1.165) is 0 Å². The smallest absolute Gasteiger partial charge is 0.263 e. The minimum Gasteiger partial charge on any atom is -0.383 e. The number of nitrogens with zero attached hydrogens (tertiary/aromatic N) is 2. The number of ether oxygens (including phenoxy) is 1. The van der Waals surface area contributed by atoms with Crippen molar-refractivity contribution in [2.24, 2.45) is 0 Å². The van der Waals surface area contributed by atoms with Crippen molar-refractivity contribution in [3.05, 3.63) is 41.6 Å². The van der Waals surface area contributed by atoms with Crippen LogP contribution in [-0.2, 0) is 9.53 Å². The number of para-hydroxylation sites is 1. The minimum atomic E-state index is -0.494. The molecule has 0 radical (unpaired) electrons. The van der Waals surface area contributed by atoms with Crippen LogP contribution in [0, 0.1) is 22.7 Å². The first-order valence-electron chi connectivity index (χ1n) is 5.86. The molecule has 1 rings (SSSR count). The van der Waals surface area contributed by atoms with Gasteiger partial charge in [0.25, 0.3) is 5.91 Å². The van der Waals surface area contributed by atoms with Gasteiger partial charge in [0.2, 0.25) is 0 Å². The number of carbonyl (C=O) groups excluding carboxylic acids is 1. The summed E-state index contributed by atoms with van der Waals surface area (Å²) in [5, 5.41) is 23.2. The van der Waals surface area contributed by atoms with Crippen LogP contribution < -0.4 is 10.6 Å². The lowest BCUT2D eigenvalue weighted by Gasteiger charge is -2.05. The van der Waals surface area contributed by atoms with Crippen molar-refractivity contribution in [2.45, 2.75) is 0 Å². The molecule has 0 heterocycles. The maximum absolute atomic E-state index is 11.7. The molecule has 0 atom stereocenters. The molecule has 0 bridgehead atoms. The Morgan fingerprint density at radius 1 is 1.40 bits per heavy atom. The van der Waals surface area contributed by atoms with E-state index < -0.39 is 5.91 Å². The van der Waals surface area contributed by atoms with Crippen molar-refractivity contribution < 1.29 is 9.53 Å². The van der Waals surface area contributed by atoms with Crippen LogP contribution in [0.1, 0.15) is 5.56 Å². The van der Waals surface area contributed by atoms with Crippen LogP contribution in [0.2, 0.25) is 0 Å². The highest BCUT2D eigenvalue weighted by molar-refractivity contribution is 5.97. The van der Waals surface area contributed by atoms with E-state index >= 15 is 0 Å². The van der Waals surface area contributed by atoms with Gasteiger partial charge in [0.1, 0.15) is 17.7 Å². The number of anilines is 1. The molecule has 0 aliphatic heterocycles. The molecular weight excluding hydrogens is 256 g/mol. The lowest BCUT2D eigenvalue weighted by Crippen LogP contribution is -2.28. The van der Waals surface area contributed by atoms with Crippen LogP contribution in [0.3, 0.4) is 0 Å². The second-order valence-electron chi connectivity index (χ2n) is 3.72. The summed E-state index contributed by atoms with van der Waals surface area (Å²) in [7, 11) is 1.52. The van der Waals surface area contributed by atoms with E-state index in [2.05, 4.69) is 10.6 Å². The van der Waals surface area contributed by atoms with Crippen LogP contribution in [0.15, 0.2) is 36.0 Å². The SMILES string of the molecule is COCCNC(=O)/C(C#N)=C\Nc1ccccc1C#N. The Morgan fingerprint density at radius 3 is 2.80 bits per heavy atom. The molecule has 0 aromatic heterocycles. The van der Waals surface area contributed by atoms with Crippen LogP contribution in [0.4, 0.5) is 5.69 Å². The van der Waals surface area contributed by atoms with Gasteiger partial charge in [-0.05, 0) is 12.1 Å². The van der Waals surface area contributed by atoms with Crippen molar-refractivity contribution >= 4 is 11.6 Å². The number of carbonyl (C=O) groups is 1. The molecular formula is C14H14N4O2. The van der Waals surface area contributed by atoms with Crippen molar-refractivity contribution in [1.29, 1.82) is 10.5 Å². The van der Waals surface area contributed by atoms with Gasteiger partial charge in [-0.25, -0.2) is 0 Å². The van der Waals surface area contributed by atoms with E-state index in [1.165, 1.54) is 13.3 Å². The number of methoxy groups -OCH3 is 1. The molecule has 6 heteroatoms. The number of rotatable bonds is 6. The molecule has 0 saturated carbocycles. The summed E-state index contributed by atoms with van der Waals surface area (Å²) in [6.45, 7) is 0.693. The average Bonchev–Trinajstić information content (AvgIpc) is 2.48. The Balaban J connectivity index is 2.73. The largest absolute Gasteiger partial charge is 0.383 e. The fraction of sp³-hybridized carbons (Fsp3) is 0.214. The number of hydrogen-bond donors (Lipinski definition) is 2. The molecule has 0 saturated heterocycles. The first-order chi connectivity index (χ1) is 9.72. The quantitative estimate of drug-likeness (QED) is 0.459. The number of nitriles is 2. The summed E-state index contributed by atoms with van der Waals surface area (Å²) >= 11 is 0. The summed E-state index contributed by atoms with van der Waals surface area (Å²) in [5.74, 6) is -0.494. The lowest BCUT2D eigenvalue weighted by molar-refractivity contribution is -0.117. The predicted octanol–water partition coefficient (Wildman–Crippen LogP) is 1.14. The topological polar surface area (TPSA) is 97.9 Å². The van der Waals surface area contributed by atoms with Gasteiger partial charge >= 0.3 is 0 Å². The number of nitrogens with one attached hydrogen (secondary N) is 2. The van der Waals surface area contributed by atoms with Crippen molar-refractivity contribution in [1.82, 2.24) is 5.32 Å². The zero-order chi connectivity index (χ0) is 14.8. The molecule has 0 aliphatic carbocycles.